The van der Waals surface area contributed by atoms with Crippen LogP contribution in [0.25, 0.3) is 33.6 Å². The van der Waals surface area contributed by atoms with Gasteiger partial charge in [0.05, 0.1) is 5.69 Å². The summed E-state index contributed by atoms with van der Waals surface area (Å²) in [4.78, 5) is 4.75. The van der Waals surface area contributed by atoms with Gasteiger partial charge < -0.3 is 9.77 Å². The summed E-state index contributed by atoms with van der Waals surface area (Å²) in [7, 11) is 0. The Hall–Kier alpha value is -4.33. The van der Waals surface area contributed by atoms with Gasteiger partial charge in [0.1, 0.15) is 5.82 Å². The van der Waals surface area contributed by atoms with Crippen LogP contribution in [0.4, 0.5) is 0 Å². The standard InChI is InChI=1S/C28H29N7O/c1-4-5-10-27-29-19(2)16-34(27)17-21-12-14-24(26(15-21)22-13-11-20(3)35(36)18-22)23-8-6-7-9-25(23)28-30-32-33-31-28/h6-9,11-16,18H,4-5,10,17H2,1-3H3,(H,30,31,32,33). The van der Waals surface area contributed by atoms with Crippen molar-refractivity contribution in [2.45, 2.75) is 46.6 Å². The van der Waals surface area contributed by atoms with Gasteiger partial charge in [-0.2, -0.15) is 4.73 Å². The molecule has 0 amide bonds. The van der Waals surface area contributed by atoms with Crippen LogP contribution in [0.1, 0.15) is 42.5 Å². The van der Waals surface area contributed by atoms with Crippen molar-refractivity contribution in [3.05, 3.63) is 95.0 Å². The molecule has 0 bridgehead atoms. The van der Waals surface area contributed by atoms with Crippen molar-refractivity contribution in [1.29, 1.82) is 0 Å². The van der Waals surface area contributed by atoms with Gasteiger partial charge >= 0.3 is 0 Å². The van der Waals surface area contributed by atoms with Crippen LogP contribution in [0, 0.1) is 19.1 Å². The third kappa shape index (κ3) is 4.75. The number of tetrazole rings is 1. The van der Waals surface area contributed by atoms with Gasteiger partial charge in [0.25, 0.3) is 0 Å². The van der Waals surface area contributed by atoms with Gasteiger partial charge in [0.2, 0.25) is 0 Å². The number of hydrogen-bond acceptors (Lipinski definition) is 5. The van der Waals surface area contributed by atoms with Crippen molar-refractivity contribution in [2.24, 2.45) is 0 Å². The Balaban J connectivity index is 1.63. The third-order valence-electron chi connectivity index (χ3n) is 6.41. The fraction of sp³-hybridized carbons (Fsp3) is 0.250. The largest absolute Gasteiger partial charge is 0.618 e. The predicted molar refractivity (Wildman–Crippen MR) is 139 cm³/mol. The first-order valence-electron chi connectivity index (χ1n) is 12.2. The number of benzene rings is 2. The molecule has 2 aromatic carbocycles. The SMILES string of the molecule is CCCCc1nc(C)cn1Cc1ccc(-c2ccccc2-c2nnn[nH]2)c(-c2ccc(C)[n+]([O-])c2)c1. The molecule has 3 aromatic heterocycles. The normalized spacial score (nSPS) is 11.2. The van der Waals surface area contributed by atoms with Crippen molar-refractivity contribution in [1.82, 2.24) is 30.2 Å². The molecule has 5 aromatic rings. The molecule has 0 aliphatic heterocycles. The van der Waals surface area contributed by atoms with E-state index in [1.165, 1.54) is 0 Å². The van der Waals surface area contributed by atoms with Crippen LogP contribution in [0.2, 0.25) is 0 Å². The zero-order valence-corrected chi connectivity index (χ0v) is 20.8. The Morgan fingerprint density at radius 3 is 2.53 bits per heavy atom. The van der Waals surface area contributed by atoms with E-state index in [2.05, 4.69) is 62.6 Å². The highest BCUT2D eigenvalue weighted by molar-refractivity contribution is 5.90. The second-order valence-electron chi connectivity index (χ2n) is 9.09. The second-order valence-corrected chi connectivity index (χ2v) is 9.09. The van der Waals surface area contributed by atoms with E-state index in [4.69, 9.17) is 4.98 Å². The summed E-state index contributed by atoms with van der Waals surface area (Å²) in [5.41, 5.74) is 7.53. The summed E-state index contributed by atoms with van der Waals surface area (Å²) in [5.74, 6) is 1.70. The number of aromatic amines is 1. The number of H-pyrrole nitrogens is 1. The van der Waals surface area contributed by atoms with Crippen molar-refractivity contribution >= 4 is 0 Å². The van der Waals surface area contributed by atoms with Crippen molar-refractivity contribution in [2.75, 3.05) is 0 Å². The fourth-order valence-electron chi connectivity index (χ4n) is 4.54. The number of imidazole rings is 1. The molecule has 0 fully saturated rings. The second kappa shape index (κ2) is 10.1. The molecule has 5 rings (SSSR count). The highest BCUT2D eigenvalue weighted by Crippen LogP contribution is 2.37. The van der Waals surface area contributed by atoms with Gasteiger partial charge in [-0.25, -0.2) is 10.1 Å². The van der Waals surface area contributed by atoms with Gasteiger partial charge in [-0.05, 0) is 58.2 Å². The van der Waals surface area contributed by atoms with Gasteiger partial charge in [0.15, 0.2) is 17.7 Å². The van der Waals surface area contributed by atoms with Crippen LogP contribution in [0.15, 0.2) is 67.0 Å². The summed E-state index contributed by atoms with van der Waals surface area (Å²) in [6.45, 7) is 6.75. The molecule has 0 spiro atoms. The van der Waals surface area contributed by atoms with E-state index in [1.54, 1.807) is 13.1 Å². The van der Waals surface area contributed by atoms with Gasteiger partial charge in [-0.3, -0.25) is 0 Å². The number of hydrogen-bond donors (Lipinski definition) is 1. The minimum absolute atomic E-state index is 0.595. The lowest BCUT2D eigenvalue weighted by Crippen LogP contribution is -2.29. The molecule has 1 N–H and O–H groups in total. The molecule has 0 radical (unpaired) electrons. The third-order valence-corrected chi connectivity index (χ3v) is 6.41. The van der Waals surface area contributed by atoms with Crippen LogP contribution in [0.5, 0.6) is 0 Å². The first kappa shape index (κ1) is 23.4. The lowest BCUT2D eigenvalue weighted by molar-refractivity contribution is -0.611. The summed E-state index contributed by atoms with van der Waals surface area (Å²) in [6.07, 6.45) is 6.96. The number of nitrogens with zero attached hydrogens (tertiary/aromatic N) is 6. The fourth-order valence-corrected chi connectivity index (χ4v) is 4.54. The van der Waals surface area contributed by atoms with E-state index >= 15 is 0 Å². The zero-order valence-electron chi connectivity index (χ0n) is 20.8. The van der Waals surface area contributed by atoms with Crippen molar-refractivity contribution in [3.63, 3.8) is 0 Å². The van der Waals surface area contributed by atoms with Gasteiger partial charge in [-0.15, -0.1) is 5.10 Å². The van der Waals surface area contributed by atoms with Crippen LogP contribution in [0.3, 0.4) is 0 Å². The van der Waals surface area contributed by atoms with E-state index in [0.29, 0.717) is 18.1 Å². The summed E-state index contributed by atoms with van der Waals surface area (Å²) < 4.78 is 3.15. The number of aromatic nitrogens is 7. The topological polar surface area (TPSA) is 99.2 Å². The molecule has 36 heavy (non-hydrogen) atoms. The number of nitrogens with one attached hydrogen (secondary N) is 1. The summed E-state index contributed by atoms with van der Waals surface area (Å²) in [6, 6.07) is 18.3. The number of rotatable bonds is 8. The minimum Gasteiger partial charge on any atom is -0.618 e. The van der Waals surface area contributed by atoms with Gasteiger partial charge in [-0.1, -0.05) is 49.7 Å². The molecular formula is C28H29N7O. The Morgan fingerprint density at radius 1 is 0.972 bits per heavy atom. The van der Waals surface area contributed by atoms with Crippen LogP contribution in [-0.4, -0.2) is 30.2 Å². The number of unbranched alkanes of at least 4 members (excludes halogenated alkanes) is 1. The highest BCUT2D eigenvalue weighted by atomic mass is 16.5. The van der Waals surface area contributed by atoms with E-state index < -0.39 is 0 Å². The maximum Gasteiger partial charge on any atom is 0.189 e. The monoisotopic (exact) mass is 479 g/mol. The maximum absolute atomic E-state index is 12.5. The van der Waals surface area contributed by atoms with E-state index in [-0.39, 0.29) is 0 Å². The minimum atomic E-state index is 0.595. The van der Waals surface area contributed by atoms with E-state index in [0.717, 1.165) is 68.9 Å². The highest BCUT2D eigenvalue weighted by Gasteiger charge is 2.17. The molecular weight excluding hydrogens is 450 g/mol. The smallest absolute Gasteiger partial charge is 0.189 e. The molecule has 182 valence electrons. The van der Waals surface area contributed by atoms with Gasteiger partial charge in [0, 0.05) is 43.3 Å². The maximum atomic E-state index is 12.5. The van der Waals surface area contributed by atoms with E-state index in [9.17, 15) is 5.21 Å². The molecule has 0 saturated carbocycles. The molecule has 0 unspecified atom stereocenters. The molecule has 0 aliphatic rings. The Labute approximate surface area is 210 Å². The Bertz CT molecular complexity index is 1490. The summed E-state index contributed by atoms with van der Waals surface area (Å²) in [5, 5.41) is 27.0. The Morgan fingerprint density at radius 2 is 1.78 bits per heavy atom. The van der Waals surface area contributed by atoms with Crippen LogP contribution < -0.4 is 4.73 Å². The lowest BCUT2D eigenvalue weighted by atomic mass is 9.90. The van der Waals surface area contributed by atoms with Crippen LogP contribution >= 0.6 is 0 Å². The van der Waals surface area contributed by atoms with Crippen molar-refractivity contribution in [3.8, 4) is 33.6 Å². The lowest BCUT2D eigenvalue weighted by Gasteiger charge is -2.16. The molecule has 0 saturated heterocycles. The van der Waals surface area contributed by atoms with Crippen molar-refractivity contribution < 1.29 is 4.73 Å². The quantitative estimate of drug-likeness (QED) is 0.248. The Kier molecular flexibility index (Phi) is 6.58. The zero-order chi connectivity index (χ0) is 25.1. The van der Waals surface area contributed by atoms with E-state index in [1.807, 2.05) is 37.3 Å². The number of pyridine rings is 1. The molecule has 0 atom stereocenters. The average Bonchev–Trinajstić information content (AvgIpc) is 3.54. The first-order valence-corrected chi connectivity index (χ1v) is 12.2. The molecule has 8 heteroatoms. The predicted octanol–water partition coefficient (Wildman–Crippen LogP) is 5.04. The summed E-state index contributed by atoms with van der Waals surface area (Å²) >= 11 is 0. The molecule has 8 nitrogen and oxygen atoms in total. The first-order chi connectivity index (χ1) is 17.5. The average molecular weight is 480 g/mol. The molecule has 3 heterocycles. The number of aryl methyl sites for hydroxylation is 3. The van der Waals surface area contributed by atoms with Crippen LogP contribution in [-0.2, 0) is 13.0 Å². The molecule has 0 aliphatic carbocycles.